The van der Waals surface area contributed by atoms with Gasteiger partial charge in [-0.2, -0.15) is 0 Å². The van der Waals surface area contributed by atoms with Gasteiger partial charge in [0.15, 0.2) is 0 Å². The summed E-state index contributed by atoms with van der Waals surface area (Å²) < 4.78 is 0. The van der Waals surface area contributed by atoms with Crippen LogP contribution in [0.2, 0.25) is 0 Å². The van der Waals surface area contributed by atoms with Crippen LogP contribution in [0.15, 0.2) is 30.3 Å². The van der Waals surface area contributed by atoms with E-state index in [1.165, 1.54) is 5.56 Å². The lowest BCUT2D eigenvalue weighted by Crippen LogP contribution is -2.67. The first-order chi connectivity index (χ1) is 7.88. The molecule has 0 spiro atoms. The van der Waals surface area contributed by atoms with Crippen molar-refractivity contribution in [3.63, 3.8) is 0 Å². The molecule has 3 nitrogen and oxygen atoms in total. The van der Waals surface area contributed by atoms with E-state index in [0.717, 1.165) is 6.42 Å². The number of nitrogens with two attached hydrogens (primary N) is 1. The number of carbonyl (C=O) groups is 1. The summed E-state index contributed by atoms with van der Waals surface area (Å²) in [7, 11) is 0. The number of carboxylic acid groups (broad SMARTS) is 1. The maximum absolute atomic E-state index is 10.8. The molecule has 0 amide bonds. The van der Waals surface area contributed by atoms with Crippen LogP contribution >= 0.6 is 0 Å². The molecule has 0 bridgehead atoms. The van der Waals surface area contributed by atoms with Crippen LogP contribution in [0.4, 0.5) is 0 Å². The monoisotopic (exact) mass is 233 g/mol. The van der Waals surface area contributed by atoms with E-state index in [1.54, 1.807) is 0 Å². The van der Waals surface area contributed by atoms with E-state index in [0.29, 0.717) is 0 Å². The molecule has 17 heavy (non-hydrogen) atoms. The lowest BCUT2D eigenvalue weighted by atomic mass is 9.48. The number of hydrogen-bond acceptors (Lipinski definition) is 2. The third kappa shape index (κ3) is 1.84. The third-order valence-corrected chi connectivity index (χ3v) is 4.43. The van der Waals surface area contributed by atoms with Crippen LogP contribution in [-0.4, -0.2) is 16.6 Å². The smallest absolute Gasteiger partial charge is 0.305 e. The van der Waals surface area contributed by atoms with Crippen LogP contribution in [0, 0.1) is 5.92 Å². The van der Waals surface area contributed by atoms with Crippen molar-refractivity contribution in [2.75, 3.05) is 0 Å². The van der Waals surface area contributed by atoms with Gasteiger partial charge in [0.1, 0.15) is 0 Å². The molecular formula is C14H19NO2. The zero-order valence-electron chi connectivity index (χ0n) is 10.3. The number of rotatable bonds is 3. The first kappa shape index (κ1) is 12.1. The maximum Gasteiger partial charge on any atom is 0.305 e. The summed E-state index contributed by atoms with van der Waals surface area (Å²) in [6.07, 6.45) is 0.786. The van der Waals surface area contributed by atoms with Crippen molar-refractivity contribution in [3.8, 4) is 0 Å². The highest BCUT2D eigenvalue weighted by Gasteiger charge is 2.57. The van der Waals surface area contributed by atoms with Gasteiger partial charge in [-0.1, -0.05) is 44.2 Å². The molecule has 0 saturated heterocycles. The highest BCUT2D eigenvalue weighted by molar-refractivity contribution is 5.69. The Morgan fingerprint density at radius 1 is 1.47 bits per heavy atom. The van der Waals surface area contributed by atoms with Crippen molar-refractivity contribution < 1.29 is 9.90 Å². The van der Waals surface area contributed by atoms with Gasteiger partial charge in [-0.25, -0.2) is 0 Å². The quantitative estimate of drug-likeness (QED) is 0.840. The van der Waals surface area contributed by atoms with E-state index in [-0.39, 0.29) is 17.8 Å². The van der Waals surface area contributed by atoms with Crippen LogP contribution in [0.1, 0.15) is 32.3 Å². The molecular weight excluding hydrogens is 214 g/mol. The van der Waals surface area contributed by atoms with Gasteiger partial charge in [0.2, 0.25) is 0 Å². The summed E-state index contributed by atoms with van der Waals surface area (Å²) in [6.45, 7) is 4.22. The molecule has 0 heterocycles. The second-order valence-electron chi connectivity index (χ2n) is 5.49. The summed E-state index contributed by atoms with van der Waals surface area (Å²) in [5.74, 6) is -0.636. The fraction of sp³-hybridized carbons (Fsp3) is 0.500. The molecule has 92 valence electrons. The molecule has 1 aliphatic rings. The van der Waals surface area contributed by atoms with Crippen molar-refractivity contribution in [1.29, 1.82) is 0 Å². The van der Waals surface area contributed by atoms with Crippen LogP contribution < -0.4 is 5.73 Å². The Morgan fingerprint density at radius 2 is 2.06 bits per heavy atom. The second kappa shape index (κ2) is 3.84. The highest BCUT2D eigenvalue weighted by atomic mass is 16.4. The lowest BCUT2D eigenvalue weighted by molar-refractivity contribution is -0.141. The largest absolute Gasteiger partial charge is 0.481 e. The van der Waals surface area contributed by atoms with Gasteiger partial charge >= 0.3 is 5.97 Å². The molecule has 0 aliphatic heterocycles. The van der Waals surface area contributed by atoms with Gasteiger partial charge in [-0.3, -0.25) is 4.79 Å². The molecule has 1 aromatic rings. The molecule has 1 aromatic carbocycles. The summed E-state index contributed by atoms with van der Waals surface area (Å²) in [4.78, 5) is 10.8. The third-order valence-electron chi connectivity index (χ3n) is 4.43. The molecule has 1 fully saturated rings. The van der Waals surface area contributed by atoms with Crippen molar-refractivity contribution in [3.05, 3.63) is 35.9 Å². The average Bonchev–Trinajstić information content (AvgIpc) is 2.28. The van der Waals surface area contributed by atoms with Gasteiger partial charge < -0.3 is 10.8 Å². The highest BCUT2D eigenvalue weighted by Crippen LogP contribution is 2.54. The van der Waals surface area contributed by atoms with Gasteiger partial charge in [-0.15, -0.1) is 0 Å². The van der Waals surface area contributed by atoms with E-state index in [2.05, 4.69) is 26.0 Å². The average molecular weight is 233 g/mol. The Hall–Kier alpha value is -1.35. The number of carboxylic acids is 1. The summed E-state index contributed by atoms with van der Waals surface area (Å²) in [6, 6.07) is 10.2. The Balaban J connectivity index is 2.20. The Labute approximate surface area is 102 Å². The van der Waals surface area contributed by atoms with Gasteiger partial charge in [0, 0.05) is 5.54 Å². The molecule has 3 unspecified atom stereocenters. The summed E-state index contributed by atoms with van der Waals surface area (Å²) in [5, 5.41) is 8.89. The van der Waals surface area contributed by atoms with Crippen molar-refractivity contribution in [2.45, 2.75) is 37.6 Å². The zero-order chi connectivity index (χ0) is 12.7. The summed E-state index contributed by atoms with van der Waals surface area (Å²) in [5.41, 5.74) is 6.87. The fourth-order valence-electron chi connectivity index (χ4n) is 3.16. The van der Waals surface area contributed by atoms with Gasteiger partial charge in [-0.05, 0) is 23.3 Å². The molecule has 1 saturated carbocycles. The Kier molecular flexibility index (Phi) is 2.74. The minimum atomic E-state index is -0.811. The summed E-state index contributed by atoms with van der Waals surface area (Å²) >= 11 is 0. The van der Waals surface area contributed by atoms with E-state index in [1.807, 2.05) is 18.2 Å². The van der Waals surface area contributed by atoms with Crippen molar-refractivity contribution >= 4 is 5.97 Å². The number of benzene rings is 1. The molecule has 0 radical (unpaired) electrons. The van der Waals surface area contributed by atoms with E-state index >= 15 is 0 Å². The van der Waals surface area contributed by atoms with Gasteiger partial charge in [0.25, 0.3) is 0 Å². The Morgan fingerprint density at radius 3 is 2.53 bits per heavy atom. The molecule has 3 N–H and O–H groups in total. The van der Waals surface area contributed by atoms with E-state index < -0.39 is 11.5 Å². The predicted octanol–water partition coefficient (Wildman–Crippen LogP) is 2.16. The zero-order valence-corrected chi connectivity index (χ0v) is 10.3. The molecule has 3 heteroatoms. The molecule has 0 aromatic heterocycles. The van der Waals surface area contributed by atoms with Crippen LogP contribution in [-0.2, 0) is 10.2 Å². The van der Waals surface area contributed by atoms with Crippen LogP contribution in [0.25, 0.3) is 0 Å². The van der Waals surface area contributed by atoms with Crippen molar-refractivity contribution in [2.24, 2.45) is 11.7 Å². The first-order valence-corrected chi connectivity index (χ1v) is 5.95. The van der Waals surface area contributed by atoms with Crippen LogP contribution in [0.5, 0.6) is 0 Å². The number of hydrogen-bond donors (Lipinski definition) is 2. The topological polar surface area (TPSA) is 63.3 Å². The fourth-order valence-corrected chi connectivity index (χ4v) is 3.16. The lowest BCUT2D eigenvalue weighted by Gasteiger charge is -2.59. The molecule has 1 aliphatic carbocycles. The minimum Gasteiger partial charge on any atom is -0.481 e. The van der Waals surface area contributed by atoms with Crippen LogP contribution in [0.3, 0.4) is 0 Å². The normalized spacial score (nSPS) is 36.3. The van der Waals surface area contributed by atoms with Crippen molar-refractivity contribution in [1.82, 2.24) is 0 Å². The maximum atomic E-state index is 10.8. The predicted molar refractivity (Wildman–Crippen MR) is 66.7 cm³/mol. The SMILES string of the molecule is CC1C(N)(CC(=O)O)CC1(C)c1ccccc1. The minimum absolute atomic E-state index is 0.00542. The number of aliphatic carboxylic acids is 1. The standard InChI is InChI=1S/C14H19NO2/c1-10-13(2,11-6-4-3-5-7-11)9-14(10,15)8-12(16)17/h3-7,10H,8-9,15H2,1-2H3,(H,16,17). The molecule has 2 rings (SSSR count). The van der Waals surface area contributed by atoms with Gasteiger partial charge in [0.05, 0.1) is 6.42 Å². The van der Waals surface area contributed by atoms with E-state index in [4.69, 9.17) is 10.8 Å². The molecule has 3 atom stereocenters. The Bertz CT molecular complexity index is 431. The van der Waals surface area contributed by atoms with E-state index in [9.17, 15) is 4.79 Å². The first-order valence-electron chi connectivity index (χ1n) is 5.95. The second-order valence-corrected chi connectivity index (χ2v) is 5.49.